The summed E-state index contributed by atoms with van der Waals surface area (Å²) in [6.45, 7) is 8.23. The smallest absolute Gasteiger partial charge is 0.0910 e. The van der Waals surface area contributed by atoms with Crippen molar-refractivity contribution < 1.29 is 5.11 Å². The number of hydrogen-bond donors (Lipinski definition) is 1. The van der Waals surface area contributed by atoms with Gasteiger partial charge >= 0.3 is 0 Å². The Balaban J connectivity index is 3.94. The maximum absolute atomic E-state index is 9.29. The first kappa shape index (κ1) is 9.54. The maximum atomic E-state index is 9.29. The molecule has 0 saturated heterocycles. The second-order valence-corrected chi connectivity index (χ2v) is 2.89. The van der Waals surface area contributed by atoms with Crippen LogP contribution in [0.5, 0.6) is 0 Å². The van der Waals surface area contributed by atoms with Gasteiger partial charge in [0, 0.05) is 5.92 Å². The minimum Gasteiger partial charge on any atom is -0.512 e. The van der Waals surface area contributed by atoms with E-state index in [9.17, 15) is 5.11 Å². The molecule has 0 rings (SSSR count). The van der Waals surface area contributed by atoms with E-state index < -0.39 is 0 Å². The molecule has 10 heavy (non-hydrogen) atoms. The van der Waals surface area contributed by atoms with Crippen LogP contribution in [0.25, 0.3) is 0 Å². The highest BCUT2D eigenvalue weighted by Crippen LogP contribution is 2.20. The summed E-state index contributed by atoms with van der Waals surface area (Å²) in [7, 11) is 0. The van der Waals surface area contributed by atoms with Crippen molar-refractivity contribution in [3.8, 4) is 0 Å². The predicted molar refractivity (Wildman–Crippen MR) is 45.0 cm³/mol. The van der Waals surface area contributed by atoms with Crippen molar-refractivity contribution in [3.05, 3.63) is 11.8 Å². The van der Waals surface area contributed by atoms with E-state index in [1.54, 1.807) is 6.08 Å². The van der Waals surface area contributed by atoms with Crippen molar-refractivity contribution in [3.63, 3.8) is 0 Å². The second-order valence-electron chi connectivity index (χ2n) is 2.89. The fourth-order valence-electron chi connectivity index (χ4n) is 0.908. The van der Waals surface area contributed by atoms with E-state index >= 15 is 0 Å². The highest BCUT2D eigenvalue weighted by atomic mass is 16.3. The summed E-state index contributed by atoms with van der Waals surface area (Å²) in [6, 6.07) is 0. The molecule has 0 bridgehead atoms. The first-order valence-electron chi connectivity index (χ1n) is 3.98. The minimum absolute atomic E-state index is 0.315. The summed E-state index contributed by atoms with van der Waals surface area (Å²) in [5.41, 5.74) is 0. The molecule has 0 aliphatic carbocycles. The van der Waals surface area contributed by atoms with Gasteiger partial charge in [-0.2, -0.15) is 0 Å². The number of allylic oxidation sites excluding steroid dienone is 2. The molecule has 0 radical (unpaired) electrons. The Morgan fingerprint density at radius 2 is 2.00 bits per heavy atom. The Bertz CT molecular complexity index is 116. The van der Waals surface area contributed by atoms with Crippen molar-refractivity contribution in [1.29, 1.82) is 0 Å². The van der Waals surface area contributed by atoms with Crippen molar-refractivity contribution in [2.75, 3.05) is 0 Å². The zero-order chi connectivity index (χ0) is 8.15. The van der Waals surface area contributed by atoms with E-state index in [0.29, 0.717) is 17.6 Å². The van der Waals surface area contributed by atoms with E-state index in [2.05, 4.69) is 20.8 Å². The lowest BCUT2D eigenvalue weighted by Crippen LogP contribution is -2.09. The maximum Gasteiger partial charge on any atom is 0.0910 e. The summed E-state index contributed by atoms with van der Waals surface area (Å²) in [4.78, 5) is 0. The molecule has 0 aromatic rings. The topological polar surface area (TPSA) is 20.2 Å². The van der Waals surface area contributed by atoms with Crippen molar-refractivity contribution in [1.82, 2.24) is 0 Å². The van der Waals surface area contributed by atoms with Gasteiger partial charge in [0.2, 0.25) is 0 Å². The van der Waals surface area contributed by atoms with E-state index in [4.69, 9.17) is 0 Å². The second kappa shape index (κ2) is 4.37. The Kier molecular flexibility index (Phi) is 4.17. The minimum atomic E-state index is 0.315. The summed E-state index contributed by atoms with van der Waals surface area (Å²) in [5, 5.41) is 9.29. The number of rotatable bonds is 3. The highest BCUT2D eigenvalue weighted by Gasteiger charge is 2.12. The van der Waals surface area contributed by atoms with E-state index in [0.717, 1.165) is 6.42 Å². The molecule has 1 N–H and O–H groups in total. The van der Waals surface area contributed by atoms with Gasteiger partial charge in [-0.15, -0.1) is 0 Å². The lowest BCUT2D eigenvalue weighted by atomic mass is 9.92. The monoisotopic (exact) mass is 142 g/mol. The molecule has 0 aromatic carbocycles. The lowest BCUT2D eigenvalue weighted by molar-refractivity contribution is 0.281. The van der Waals surface area contributed by atoms with E-state index in [1.165, 1.54) is 0 Å². The summed E-state index contributed by atoms with van der Waals surface area (Å²) < 4.78 is 0. The molecule has 0 fully saturated rings. The number of hydrogen-bond acceptors (Lipinski definition) is 1. The molecule has 60 valence electrons. The fourth-order valence-corrected chi connectivity index (χ4v) is 0.908. The number of aliphatic hydroxyl groups is 1. The molecule has 2 unspecified atom stereocenters. The zero-order valence-electron chi connectivity index (χ0n) is 7.39. The first-order valence-corrected chi connectivity index (χ1v) is 3.98. The van der Waals surface area contributed by atoms with Crippen LogP contribution in [0.3, 0.4) is 0 Å². The summed E-state index contributed by atoms with van der Waals surface area (Å²) in [5.74, 6) is 1.42. The lowest BCUT2D eigenvalue weighted by Gasteiger charge is -2.16. The zero-order valence-corrected chi connectivity index (χ0v) is 7.39. The standard InChI is InChI=1S/C9H18O/c1-5-7(3)8(4)9(10)6-2/h6-8,10H,5H2,1-4H3/b9-6-. The summed E-state index contributed by atoms with van der Waals surface area (Å²) in [6.07, 6.45) is 2.90. The van der Waals surface area contributed by atoms with Gasteiger partial charge in [0.05, 0.1) is 5.76 Å². The van der Waals surface area contributed by atoms with Crippen LogP contribution >= 0.6 is 0 Å². The Morgan fingerprint density at radius 3 is 2.30 bits per heavy atom. The van der Waals surface area contributed by atoms with Crippen molar-refractivity contribution >= 4 is 0 Å². The SMILES string of the molecule is C/C=C(\O)C(C)C(C)CC. The molecule has 0 saturated carbocycles. The molecule has 0 amide bonds. The third-order valence-corrected chi connectivity index (χ3v) is 2.26. The van der Waals surface area contributed by atoms with Crippen LogP contribution in [-0.4, -0.2) is 5.11 Å². The van der Waals surface area contributed by atoms with Crippen molar-refractivity contribution in [2.24, 2.45) is 11.8 Å². The van der Waals surface area contributed by atoms with Gasteiger partial charge in [-0.1, -0.05) is 27.2 Å². The largest absolute Gasteiger partial charge is 0.512 e. The number of aliphatic hydroxyl groups excluding tert-OH is 1. The molecule has 2 atom stereocenters. The van der Waals surface area contributed by atoms with Crippen molar-refractivity contribution in [2.45, 2.75) is 34.1 Å². The third kappa shape index (κ3) is 2.42. The van der Waals surface area contributed by atoms with Crippen LogP contribution in [-0.2, 0) is 0 Å². The molecule has 0 aliphatic heterocycles. The fraction of sp³-hybridized carbons (Fsp3) is 0.778. The Morgan fingerprint density at radius 1 is 1.50 bits per heavy atom. The van der Waals surface area contributed by atoms with Gasteiger partial charge < -0.3 is 5.11 Å². The quantitative estimate of drug-likeness (QED) is 0.600. The molecule has 0 spiro atoms. The average Bonchev–Trinajstić information content (AvgIpc) is 2.00. The van der Waals surface area contributed by atoms with Crippen LogP contribution in [0.1, 0.15) is 34.1 Å². The Labute approximate surface area is 63.8 Å². The van der Waals surface area contributed by atoms with Crippen LogP contribution in [0.4, 0.5) is 0 Å². The summed E-state index contributed by atoms with van der Waals surface area (Å²) >= 11 is 0. The van der Waals surface area contributed by atoms with Crippen LogP contribution < -0.4 is 0 Å². The van der Waals surface area contributed by atoms with Crippen LogP contribution in [0.15, 0.2) is 11.8 Å². The molecular formula is C9H18O. The van der Waals surface area contributed by atoms with E-state index in [1.807, 2.05) is 6.92 Å². The van der Waals surface area contributed by atoms with Crippen LogP contribution in [0, 0.1) is 11.8 Å². The van der Waals surface area contributed by atoms with Gasteiger partial charge in [-0.25, -0.2) is 0 Å². The van der Waals surface area contributed by atoms with Gasteiger partial charge in [-0.05, 0) is 18.9 Å². The predicted octanol–water partition coefficient (Wildman–Crippen LogP) is 3.13. The van der Waals surface area contributed by atoms with E-state index in [-0.39, 0.29) is 0 Å². The molecular weight excluding hydrogens is 124 g/mol. The molecule has 0 heterocycles. The molecule has 0 aromatic heterocycles. The first-order chi connectivity index (χ1) is 4.63. The highest BCUT2D eigenvalue weighted by molar-refractivity contribution is 4.94. The van der Waals surface area contributed by atoms with Gasteiger partial charge in [0.15, 0.2) is 0 Å². The average molecular weight is 142 g/mol. The van der Waals surface area contributed by atoms with Gasteiger partial charge in [-0.3, -0.25) is 0 Å². The normalized spacial score (nSPS) is 18.6. The third-order valence-electron chi connectivity index (χ3n) is 2.26. The Hall–Kier alpha value is -0.460. The van der Waals surface area contributed by atoms with Gasteiger partial charge in [0.1, 0.15) is 0 Å². The van der Waals surface area contributed by atoms with Crippen LogP contribution in [0.2, 0.25) is 0 Å². The van der Waals surface area contributed by atoms with Gasteiger partial charge in [0.25, 0.3) is 0 Å². The molecule has 0 aliphatic rings. The molecule has 1 nitrogen and oxygen atoms in total. The molecule has 1 heteroatoms.